The Morgan fingerprint density at radius 2 is 0.746 bits per heavy atom. The Hall–Kier alpha value is -6.64. The van der Waals surface area contributed by atoms with Crippen LogP contribution in [-0.2, 0) is 16.2 Å². The van der Waals surface area contributed by atoms with Crippen molar-refractivity contribution in [1.82, 2.24) is 0 Å². The summed E-state index contributed by atoms with van der Waals surface area (Å²) in [6.45, 7) is 14.3. The predicted molar refractivity (Wildman–Crippen MR) is 247 cm³/mol. The van der Waals surface area contributed by atoms with Crippen LogP contribution >= 0.6 is 0 Å². The SMILES string of the molecule is CC1(C)c2ccccc2-c2ccc(N(c3ccc4c(c3)C(C)(C)c3ccccc3-4)c3ccc4c(c3)C(C)(C)c3cc(-c5cccc6c5oc5ccccc56)ccc3-4)cc21. The third-order valence-corrected chi connectivity index (χ3v) is 14.3. The van der Waals surface area contributed by atoms with Crippen LogP contribution in [-0.4, -0.2) is 0 Å². The number of furan rings is 1. The minimum atomic E-state index is -0.229. The fraction of sp³-hybridized carbons (Fsp3) is 0.158. The Bertz CT molecular complexity index is 3160. The zero-order valence-electron chi connectivity index (χ0n) is 34.4. The lowest BCUT2D eigenvalue weighted by Gasteiger charge is -2.31. The second-order valence-electron chi connectivity index (χ2n) is 18.5. The van der Waals surface area contributed by atoms with Crippen molar-refractivity contribution in [2.45, 2.75) is 57.8 Å². The van der Waals surface area contributed by atoms with Crippen LogP contribution in [0.2, 0.25) is 0 Å². The van der Waals surface area contributed by atoms with Crippen molar-refractivity contribution in [2.75, 3.05) is 4.90 Å². The van der Waals surface area contributed by atoms with Crippen molar-refractivity contribution in [2.24, 2.45) is 0 Å². The minimum Gasteiger partial charge on any atom is -0.455 e. The monoisotopic (exact) mass is 759 g/mol. The van der Waals surface area contributed by atoms with Crippen LogP contribution in [0.5, 0.6) is 0 Å². The van der Waals surface area contributed by atoms with Crippen molar-refractivity contribution < 1.29 is 4.42 Å². The number of nitrogens with zero attached hydrogens (tertiary/aromatic N) is 1. The number of para-hydroxylation sites is 2. The molecule has 0 aliphatic heterocycles. The molecular formula is C57H45NO. The molecule has 3 aliphatic carbocycles. The highest BCUT2D eigenvalue weighted by Gasteiger charge is 2.39. The van der Waals surface area contributed by atoms with Crippen molar-refractivity contribution in [3.63, 3.8) is 0 Å². The first-order valence-electron chi connectivity index (χ1n) is 21.0. The maximum absolute atomic E-state index is 6.51. The molecule has 59 heavy (non-hydrogen) atoms. The zero-order valence-corrected chi connectivity index (χ0v) is 34.4. The summed E-state index contributed by atoms with van der Waals surface area (Å²) in [4.78, 5) is 2.51. The summed E-state index contributed by atoms with van der Waals surface area (Å²) in [5, 5.41) is 2.31. The number of rotatable bonds is 4. The van der Waals surface area contributed by atoms with E-state index < -0.39 is 0 Å². The van der Waals surface area contributed by atoms with Crippen LogP contribution in [0, 0.1) is 0 Å². The van der Waals surface area contributed by atoms with E-state index in [1.165, 1.54) is 89.4 Å². The predicted octanol–water partition coefficient (Wildman–Crippen LogP) is 15.6. The normalized spacial score (nSPS) is 15.7. The first kappa shape index (κ1) is 34.4. The standard InChI is InChI=1S/C57H45NO/c1-55(2)47-19-10-7-14-39(47)42-27-23-35(31-50(42)55)58(36-24-28-43-40-15-8-11-20-48(40)56(3,4)51(43)32-36)37-25-29-44-41-26-22-34(30-49(41)57(5,6)52(44)33-37)38-17-13-18-46-45-16-9-12-21-53(45)59-54(38)46/h7-33H,1-6H3. The molecule has 8 aromatic carbocycles. The lowest BCUT2D eigenvalue weighted by molar-refractivity contribution is 0.659. The van der Waals surface area contributed by atoms with E-state index in [4.69, 9.17) is 4.42 Å². The van der Waals surface area contributed by atoms with E-state index in [0.29, 0.717) is 0 Å². The molecule has 0 saturated heterocycles. The molecule has 12 rings (SSSR count). The van der Waals surface area contributed by atoms with E-state index in [-0.39, 0.29) is 16.2 Å². The van der Waals surface area contributed by atoms with Gasteiger partial charge in [0.05, 0.1) is 0 Å². The summed E-state index contributed by atoms with van der Waals surface area (Å²) >= 11 is 0. The molecule has 0 amide bonds. The molecule has 2 nitrogen and oxygen atoms in total. The van der Waals surface area contributed by atoms with Gasteiger partial charge < -0.3 is 9.32 Å². The van der Waals surface area contributed by atoms with Crippen molar-refractivity contribution in [1.29, 1.82) is 0 Å². The molecule has 0 radical (unpaired) electrons. The molecule has 9 aromatic rings. The molecule has 2 heteroatoms. The van der Waals surface area contributed by atoms with Crippen molar-refractivity contribution in [3.8, 4) is 44.5 Å². The molecule has 0 saturated carbocycles. The summed E-state index contributed by atoms with van der Waals surface area (Å²) in [6, 6.07) is 61.2. The summed E-state index contributed by atoms with van der Waals surface area (Å²) in [6.07, 6.45) is 0. The van der Waals surface area contributed by atoms with Gasteiger partial charge in [-0.2, -0.15) is 0 Å². The average molecular weight is 760 g/mol. The fourth-order valence-electron chi connectivity index (χ4n) is 11.1. The number of hydrogen-bond donors (Lipinski definition) is 0. The Kier molecular flexibility index (Phi) is 6.84. The Morgan fingerprint density at radius 3 is 1.31 bits per heavy atom. The van der Waals surface area contributed by atoms with E-state index in [9.17, 15) is 0 Å². The Morgan fingerprint density at radius 1 is 0.339 bits per heavy atom. The van der Waals surface area contributed by atoms with Crippen molar-refractivity contribution >= 4 is 39.0 Å². The molecular weight excluding hydrogens is 715 g/mol. The van der Waals surface area contributed by atoms with Gasteiger partial charge in [0.2, 0.25) is 0 Å². The van der Waals surface area contributed by atoms with Crippen LogP contribution in [0.3, 0.4) is 0 Å². The molecule has 0 unspecified atom stereocenters. The summed E-state index contributed by atoms with van der Waals surface area (Å²) in [7, 11) is 0. The van der Waals surface area contributed by atoms with E-state index in [2.05, 4.69) is 204 Å². The van der Waals surface area contributed by atoms with Gasteiger partial charge >= 0.3 is 0 Å². The molecule has 0 N–H and O–H groups in total. The number of hydrogen-bond acceptors (Lipinski definition) is 2. The van der Waals surface area contributed by atoms with E-state index in [0.717, 1.165) is 27.5 Å². The number of anilines is 3. The largest absolute Gasteiger partial charge is 0.455 e. The zero-order chi connectivity index (χ0) is 40.0. The van der Waals surface area contributed by atoms with Gasteiger partial charge in [0.25, 0.3) is 0 Å². The highest BCUT2D eigenvalue weighted by atomic mass is 16.3. The summed E-state index contributed by atoms with van der Waals surface area (Å²) in [5.41, 5.74) is 23.4. The second-order valence-corrected chi connectivity index (χ2v) is 18.5. The highest BCUT2D eigenvalue weighted by molar-refractivity contribution is 6.09. The van der Waals surface area contributed by atoms with Gasteiger partial charge in [-0.1, -0.05) is 157 Å². The molecule has 1 heterocycles. The molecule has 284 valence electrons. The molecule has 0 fully saturated rings. The van der Waals surface area contributed by atoms with Crippen LogP contribution in [0.25, 0.3) is 66.4 Å². The van der Waals surface area contributed by atoms with Gasteiger partial charge in [-0.15, -0.1) is 0 Å². The number of fused-ring (bicyclic) bond motifs is 12. The maximum Gasteiger partial charge on any atom is 0.143 e. The highest BCUT2D eigenvalue weighted by Crippen LogP contribution is 2.55. The van der Waals surface area contributed by atoms with E-state index in [1.807, 2.05) is 6.07 Å². The molecule has 3 aliphatic rings. The van der Waals surface area contributed by atoms with Gasteiger partial charge in [0.1, 0.15) is 11.2 Å². The quantitative estimate of drug-likeness (QED) is 0.178. The molecule has 0 bridgehead atoms. The van der Waals surface area contributed by atoms with E-state index >= 15 is 0 Å². The molecule has 0 spiro atoms. The fourth-order valence-corrected chi connectivity index (χ4v) is 11.1. The summed E-state index contributed by atoms with van der Waals surface area (Å²) < 4.78 is 6.51. The van der Waals surface area contributed by atoms with E-state index in [1.54, 1.807) is 0 Å². The third-order valence-electron chi connectivity index (χ3n) is 14.3. The second kappa shape index (κ2) is 11.7. The Balaban J connectivity index is 1.01. The lowest BCUT2D eigenvalue weighted by atomic mass is 9.81. The lowest BCUT2D eigenvalue weighted by Crippen LogP contribution is -2.19. The third kappa shape index (κ3) is 4.63. The van der Waals surface area contributed by atoms with Gasteiger partial charge in [-0.05, 0) is 121 Å². The van der Waals surface area contributed by atoms with Crippen molar-refractivity contribution in [3.05, 3.63) is 197 Å². The maximum atomic E-state index is 6.51. The van der Waals surface area contributed by atoms with Gasteiger partial charge in [-0.3, -0.25) is 0 Å². The number of benzene rings is 8. The van der Waals surface area contributed by atoms with Crippen LogP contribution in [0.4, 0.5) is 17.1 Å². The topological polar surface area (TPSA) is 16.4 Å². The molecule has 1 aromatic heterocycles. The minimum absolute atomic E-state index is 0.110. The Labute approximate surface area is 346 Å². The smallest absolute Gasteiger partial charge is 0.143 e. The first-order valence-corrected chi connectivity index (χ1v) is 21.0. The first-order chi connectivity index (χ1) is 28.5. The van der Waals surface area contributed by atoms with Crippen LogP contribution in [0.15, 0.2) is 168 Å². The summed E-state index contributed by atoms with van der Waals surface area (Å²) in [5.74, 6) is 0. The van der Waals surface area contributed by atoms with Gasteiger partial charge in [-0.25, -0.2) is 0 Å². The van der Waals surface area contributed by atoms with Gasteiger partial charge in [0.15, 0.2) is 0 Å². The molecule has 0 atom stereocenters. The van der Waals surface area contributed by atoms with Crippen LogP contribution in [0.1, 0.15) is 74.9 Å². The van der Waals surface area contributed by atoms with Gasteiger partial charge in [0, 0.05) is 49.6 Å². The van der Waals surface area contributed by atoms with Crippen LogP contribution < -0.4 is 4.90 Å². The average Bonchev–Trinajstić information content (AvgIpc) is 3.90.